The van der Waals surface area contributed by atoms with Crippen molar-refractivity contribution in [3.8, 4) is 0 Å². The molecule has 0 saturated carbocycles. The van der Waals surface area contributed by atoms with Gasteiger partial charge in [-0.2, -0.15) is 0 Å². The Morgan fingerprint density at radius 2 is 2.06 bits per heavy atom. The molecule has 1 rings (SSSR count). The number of ether oxygens (including phenoxy) is 1. The van der Waals surface area contributed by atoms with Gasteiger partial charge in [0.05, 0.1) is 16.3 Å². The highest BCUT2D eigenvalue weighted by Gasteiger charge is 2.15. The molecule has 0 unspecified atom stereocenters. The summed E-state index contributed by atoms with van der Waals surface area (Å²) in [5.41, 5.74) is 5.99. The number of carbonyl (C=O) groups is 2. The Bertz CT molecular complexity index is 446. The fourth-order valence-corrected chi connectivity index (χ4v) is 1.24. The summed E-state index contributed by atoms with van der Waals surface area (Å²) in [6.07, 6.45) is 0. The number of hydrogen-bond donors (Lipinski definition) is 1. The number of esters is 1. The maximum atomic E-state index is 11.6. The van der Waals surface area contributed by atoms with Gasteiger partial charge in [-0.25, -0.2) is 4.79 Å². The molecule has 0 aromatic heterocycles. The number of amides is 1. The normalized spacial score (nSPS) is 9.82. The van der Waals surface area contributed by atoms with Crippen LogP contribution in [0.25, 0.3) is 0 Å². The molecule has 17 heavy (non-hydrogen) atoms. The molecule has 5 nitrogen and oxygen atoms in total. The molecule has 0 radical (unpaired) electrons. The van der Waals surface area contributed by atoms with Crippen molar-refractivity contribution < 1.29 is 14.3 Å². The van der Waals surface area contributed by atoms with Gasteiger partial charge in [0.1, 0.15) is 0 Å². The molecule has 1 amide bonds. The first kappa shape index (κ1) is 13.3. The quantitative estimate of drug-likeness (QED) is 0.651. The Labute approximate surface area is 104 Å². The maximum Gasteiger partial charge on any atom is 0.340 e. The number of nitrogens with zero attached hydrogens (tertiary/aromatic N) is 1. The van der Waals surface area contributed by atoms with Crippen LogP contribution >= 0.6 is 11.6 Å². The third-order valence-electron chi connectivity index (χ3n) is 2.07. The average molecular weight is 257 g/mol. The third-order valence-corrected chi connectivity index (χ3v) is 2.50. The second kappa shape index (κ2) is 5.54. The van der Waals surface area contributed by atoms with Gasteiger partial charge in [-0.05, 0) is 12.1 Å². The zero-order chi connectivity index (χ0) is 13.0. The predicted octanol–water partition coefficient (Wildman–Crippen LogP) is 1.17. The van der Waals surface area contributed by atoms with E-state index in [4.69, 9.17) is 22.1 Å². The average Bonchev–Trinajstić information content (AvgIpc) is 2.29. The van der Waals surface area contributed by atoms with Gasteiger partial charge < -0.3 is 15.4 Å². The van der Waals surface area contributed by atoms with Crippen LogP contribution in [-0.4, -0.2) is 37.5 Å². The Balaban J connectivity index is 2.71. The minimum absolute atomic E-state index is 0.134. The number of hydrogen-bond acceptors (Lipinski definition) is 4. The molecule has 0 atom stereocenters. The molecular weight excluding hydrogens is 244 g/mol. The Morgan fingerprint density at radius 1 is 1.41 bits per heavy atom. The van der Waals surface area contributed by atoms with Gasteiger partial charge in [0.25, 0.3) is 5.91 Å². The lowest BCUT2D eigenvalue weighted by molar-refractivity contribution is -0.131. The highest BCUT2D eigenvalue weighted by Crippen LogP contribution is 2.23. The molecule has 0 aliphatic rings. The highest BCUT2D eigenvalue weighted by atomic mass is 35.5. The van der Waals surface area contributed by atoms with Crippen LogP contribution in [0.3, 0.4) is 0 Å². The van der Waals surface area contributed by atoms with Crippen LogP contribution in [0.4, 0.5) is 5.69 Å². The Hall–Kier alpha value is -1.75. The molecule has 6 heteroatoms. The molecule has 2 N–H and O–H groups in total. The van der Waals surface area contributed by atoms with Gasteiger partial charge in [-0.3, -0.25) is 4.79 Å². The lowest BCUT2D eigenvalue weighted by Gasteiger charge is -2.11. The summed E-state index contributed by atoms with van der Waals surface area (Å²) in [5.74, 6) is -0.976. The number of rotatable bonds is 3. The van der Waals surface area contributed by atoms with E-state index in [0.29, 0.717) is 5.69 Å². The SMILES string of the molecule is CN(C)C(=O)COC(=O)c1cccc(N)c1Cl. The summed E-state index contributed by atoms with van der Waals surface area (Å²) < 4.78 is 4.82. The van der Waals surface area contributed by atoms with Crippen molar-refractivity contribution in [2.45, 2.75) is 0 Å². The standard InChI is InChI=1S/C11H13ClN2O3/c1-14(2)9(15)6-17-11(16)7-4-3-5-8(13)10(7)12/h3-5H,6,13H2,1-2H3. The van der Waals surface area contributed by atoms with Crippen LogP contribution in [0.1, 0.15) is 10.4 Å². The van der Waals surface area contributed by atoms with Gasteiger partial charge in [0.2, 0.25) is 0 Å². The Kier molecular flexibility index (Phi) is 4.34. The van der Waals surface area contributed by atoms with Gasteiger partial charge >= 0.3 is 5.97 Å². The van der Waals surface area contributed by atoms with Crippen molar-refractivity contribution in [1.82, 2.24) is 4.90 Å². The van der Waals surface area contributed by atoms with Crippen LogP contribution in [-0.2, 0) is 9.53 Å². The number of anilines is 1. The highest BCUT2D eigenvalue weighted by molar-refractivity contribution is 6.36. The summed E-state index contributed by atoms with van der Waals surface area (Å²) in [5, 5.41) is 0.134. The van der Waals surface area contributed by atoms with Crippen LogP contribution in [0.15, 0.2) is 18.2 Å². The molecular formula is C11H13ClN2O3. The zero-order valence-corrected chi connectivity index (χ0v) is 10.3. The van der Waals surface area contributed by atoms with Gasteiger partial charge in [0, 0.05) is 14.1 Å². The van der Waals surface area contributed by atoms with E-state index < -0.39 is 5.97 Å². The van der Waals surface area contributed by atoms with Crippen molar-refractivity contribution in [2.24, 2.45) is 0 Å². The van der Waals surface area contributed by atoms with Gasteiger partial charge in [-0.15, -0.1) is 0 Å². The number of likely N-dealkylation sites (N-methyl/N-ethyl adjacent to an activating group) is 1. The number of nitrogen functional groups attached to an aromatic ring is 1. The predicted molar refractivity (Wildman–Crippen MR) is 64.8 cm³/mol. The van der Waals surface area contributed by atoms with Crippen molar-refractivity contribution in [2.75, 3.05) is 26.4 Å². The van der Waals surface area contributed by atoms with Crippen LogP contribution < -0.4 is 5.73 Å². The molecule has 0 fully saturated rings. The van der Waals surface area contributed by atoms with E-state index in [1.807, 2.05) is 0 Å². The van der Waals surface area contributed by atoms with Gasteiger partial charge in [-0.1, -0.05) is 17.7 Å². The first-order chi connectivity index (χ1) is 7.93. The number of carbonyl (C=O) groups excluding carboxylic acids is 2. The molecule has 0 aliphatic heterocycles. The van der Waals surface area contributed by atoms with Crippen molar-refractivity contribution in [3.05, 3.63) is 28.8 Å². The molecule has 1 aromatic rings. The molecule has 0 spiro atoms. The van der Waals surface area contributed by atoms with Crippen LogP contribution in [0, 0.1) is 0 Å². The van der Waals surface area contributed by atoms with E-state index in [9.17, 15) is 9.59 Å². The first-order valence-electron chi connectivity index (χ1n) is 4.84. The minimum atomic E-state index is -0.669. The Morgan fingerprint density at radius 3 is 2.65 bits per heavy atom. The topological polar surface area (TPSA) is 72.6 Å². The molecule has 0 aliphatic carbocycles. The zero-order valence-electron chi connectivity index (χ0n) is 9.57. The number of benzene rings is 1. The van der Waals surface area contributed by atoms with E-state index in [-0.39, 0.29) is 23.1 Å². The lowest BCUT2D eigenvalue weighted by Crippen LogP contribution is -2.27. The largest absolute Gasteiger partial charge is 0.452 e. The smallest absolute Gasteiger partial charge is 0.340 e. The van der Waals surface area contributed by atoms with Crippen molar-refractivity contribution in [3.63, 3.8) is 0 Å². The summed E-state index contributed by atoms with van der Waals surface area (Å²) in [6.45, 7) is -0.322. The fourth-order valence-electron chi connectivity index (χ4n) is 1.04. The lowest BCUT2D eigenvalue weighted by atomic mass is 10.2. The molecule has 92 valence electrons. The fraction of sp³-hybridized carbons (Fsp3) is 0.273. The van der Waals surface area contributed by atoms with Crippen LogP contribution in [0.5, 0.6) is 0 Å². The summed E-state index contributed by atoms with van der Waals surface area (Å²) >= 11 is 5.84. The van der Waals surface area contributed by atoms with E-state index in [0.717, 1.165) is 0 Å². The molecule has 1 aromatic carbocycles. The third kappa shape index (κ3) is 3.35. The van der Waals surface area contributed by atoms with Crippen molar-refractivity contribution >= 4 is 29.2 Å². The summed E-state index contributed by atoms with van der Waals surface area (Å²) in [4.78, 5) is 24.2. The van der Waals surface area contributed by atoms with E-state index in [2.05, 4.69) is 0 Å². The van der Waals surface area contributed by atoms with E-state index in [1.54, 1.807) is 26.2 Å². The second-order valence-corrected chi connectivity index (χ2v) is 3.95. The molecule has 0 bridgehead atoms. The van der Waals surface area contributed by atoms with Gasteiger partial charge in [0.15, 0.2) is 6.61 Å². The first-order valence-corrected chi connectivity index (χ1v) is 5.22. The second-order valence-electron chi connectivity index (χ2n) is 3.57. The number of halogens is 1. The summed E-state index contributed by atoms with van der Waals surface area (Å²) in [7, 11) is 3.15. The molecule has 0 heterocycles. The monoisotopic (exact) mass is 256 g/mol. The van der Waals surface area contributed by atoms with E-state index >= 15 is 0 Å². The minimum Gasteiger partial charge on any atom is -0.452 e. The number of nitrogens with two attached hydrogens (primary N) is 1. The maximum absolute atomic E-state index is 11.6. The van der Waals surface area contributed by atoms with Crippen molar-refractivity contribution in [1.29, 1.82) is 0 Å². The summed E-state index contributed by atoms with van der Waals surface area (Å²) in [6, 6.07) is 4.65. The van der Waals surface area contributed by atoms with Crippen LogP contribution in [0.2, 0.25) is 5.02 Å². The molecule has 0 saturated heterocycles. The van der Waals surface area contributed by atoms with E-state index in [1.165, 1.54) is 11.0 Å².